The van der Waals surface area contributed by atoms with Gasteiger partial charge >= 0.3 is 12.1 Å². The van der Waals surface area contributed by atoms with Gasteiger partial charge in [0.15, 0.2) is 0 Å². The number of hydrogen-bond donors (Lipinski definition) is 2. The number of rotatable bonds is 5. The SMILES string of the molecule is CC(C)N(CCNC1CCN(C(N)=O)CC1)C(=O)OC(C)(C)C. The zero-order valence-electron chi connectivity index (χ0n) is 15.1. The van der Waals surface area contributed by atoms with Gasteiger partial charge in [-0.25, -0.2) is 9.59 Å². The van der Waals surface area contributed by atoms with Gasteiger partial charge in [-0.15, -0.1) is 0 Å². The minimum absolute atomic E-state index is 0.0864. The molecule has 7 nitrogen and oxygen atoms in total. The van der Waals surface area contributed by atoms with Crippen molar-refractivity contribution in [2.24, 2.45) is 5.73 Å². The quantitative estimate of drug-likeness (QED) is 0.805. The number of carbonyl (C=O) groups is 2. The molecule has 1 saturated heterocycles. The van der Waals surface area contributed by atoms with Gasteiger partial charge < -0.3 is 25.6 Å². The van der Waals surface area contributed by atoms with Crippen LogP contribution in [-0.4, -0.2) is 65.8 Å². The molecule has 3 amide bonds. The third kappa shape index (κ3) is 7.07. The van der Waals surface area contributed by atoms with Gasteiger partial charge in [-0.1, -0.05) is 0 Å². The van der Waals surface area contributed by atoms with E-state index in [1.165, 1.54) is 0 Å². The van der Waals surface area contributed by atoms with Crippen molar-refractivity contribution in [1.29, 1.82) is 0 Å². The molecular weight excluding hydrogens is 296 g/mol. The van der Waals surface area contributed by atoms with Crippen LogP contribution >= 0.6 is 0 Å². The Morgan fingerprint density at radius 3 is 2.30 bits per heavy atom. The average molecular weight is 328 g/mol. The van der Waals surface area contributed by atoms with Gasteiger partial charge in [0.05, 0.1) is 0 Å². The summed E-state index contributed by atoms with van der Waals surface area (Å²) in [6, 6.07) is 0.0981. The fourth-order valence-corrected chi connectivity index (χ4v) is 2.57. The summed E-state index contributed by atoms with van der Waals surface area (Å²) in [5.41, 5.74) is 4.79. The summed E-state index contributed by atoms with van der Waals surface area (Å²) in [5.74, 6) is 0. The highest BCUT2D eigenvalue weighted by Gasteiger charge is 2.25. The van der Waals surface area contributed by atoms with E-state index in [1.54, 1.807) is 9.80 Å². The lowest BCUT2D eigenvalue weighted by atomic mass is 10.1. The van der Waals surface area contributed by atoms with E-state index in [0.29, 0.717) is 32.2 Å². The smallest absolute Gasteiger partial charge is 0.410 e. The standard InChI is InChI=1S/C16H32N4O3/c1-12(2)20(15(22)23-16(3,4)5)11-8-18-13-6-9-19(10-7-13)14(17)21/h12-13,18H,6-11H2,1-5H3,(H2,17,21). The van der Waals surface area contributed by atoms with Gasteiger partial charge in [0, 0.05) is 38.3 Å². The highest BCUT2D eigenvalue weighted by Crippen LogP contribution is 2.12. The van der Waals surface area contributed by atoms with E-state index in [-0.39, 0.29) is 18.2 Å². The molecule has 1 rings (SSSR count). The minimum Gasteiger partial charge on any atom is -0.444 e. The molecule has 1 fully saturated rings. The van der Waals surface area contributed by atoms with Crippen LogP contribution in [0.2, 0.25) is 0 Å². The summed E-state index contributed by atoms with van der Waals surface area (Å²) in [6.45, 7) is 12.3. The molecule has 0 aromatic rings. The predicted molar refractivity (Wildman–Crippen MR) is 90.3 cm³/mol. The van der Waals surface area contributed by atoms with Gasteiger partial charge in [0.1, 0.15) is 5.60 Å². The second-order valence-corrected chi connectivity index (χ2v) is 7.32. The first-order chi connectivity index (χ1) is 10.6. The van der Waals surface area contributed by atoms with Crippen LogP contribution in [0.1, 0.15) is 47.5 Å². The Kier molecular flexibility index (Phi) is 7.12. The number of piperidine rings is 1. The van der Waals surface area contributed by atoms with Crippen molar-refractivity contribution in [2.75, 3.05) is 26.2 Å². The molecule has 0 saturated carbocycles. The Balaban J connectivity index is 2.37. The summed E-state index contributed by atoms with van der Waals surface area (Å²) < 4.78 is 5.45. The molecule has 23 heavy (non-hydrogen) atoms. The monoisotopic (exact) mass is 328 g/mol. The van der Waals surface area contributed by atoms with Crippen LogP contribution in [0.25, 0.3) is 0 Å². The van der Waals surface area contributed by atoms with E-state index < -0.39 is 5.60 Å². The highest BCUT2D eigenvalue weighted by atomic mass is 16.6. The third-order valence-corrected chi connectivity index (χ3v) is 3.84. The van der Waals surface area contributed by atoms with Crippen molar-refractivity contribution in [3.8, 4) is 0 Å². The molecule has 0 aliphatic carbocycles. The molecule has 0 bridgehead atoms. The maximum atomic E-state index is 12.2. The fraction of sp³-hybridized carbons (Fsp3) is 0.875. The highest BCUT2D eigenvalue weighted by molar-refractivity contribution is 5.72. The molecule has 0 aromatic heterocycles. The van der Waals surface area contributed by atoms with E-state index in [1.807, 2.05) is 34.6 Å². The first kappa shape index (κ1) is 19.5. The van der Waals surface area contributed by atoms with Crippen molar-refractivity contribution in [3.05, 3.63) is 0 Å². The van der Waals surface area contributed by atoms with Gasteiger partial charge in [-0.3, -0.25) is 0 Å². The Morgan fingerprint density at radius 2 is 1.87 bits per heavy atom. The Hall–Kier alpha value is -1.50. The number of urea groups is 1. The summed E-state index contributed by atoms with van der Waals surface area (Å²) in [6.07, 6.45) is 1.49. The lowest BCUT2D eigenvalue weighted by Gasteiger charge is -2.33. The summed E-state index contributed by atoms with van der Waals surface area (Å²) in [7, 11) is 0. The van der Waals surface area contributed by atoms with E-state index in [9.17, 15) is 9.59 Å². The Bertz CT molecular complexity index is 399. The number of carbonyl (C=O) groups excluding carboxylic acids is 2. The minimum atomic E-state index is -0.487. The van der Waals surface area contributed by atoms with Crippen molar-refractivity contribution < 1.29 is 14.3 Å². The summed E-state index contributed by atoms with van der Waals surface area (Å²) >= 11 is 0. The van der Waals surface area contributed by atoms with Crippen LogP contribution in [0.15, 0.2) is 0 Å². The van der Waals surface area contributed by atoms with Crippen LogP contribution in [0, 0.1) is 0 Å². The molecule has 3 N–H and O–H groups in total. The molecule has 1 aliphatic rings. The summed E-state index contributed by atoms with van der Waals surface area (Å²) in [5, 5.41) is 3.46. The average Bonchev–Trinajstić information content (AvgIpc) is 2.41. The molecule has 0 atom stereocenters. The second kappa shape index (κ2) is 8.38. The molecule has 0 spiro atoms. The maximum Gasteiger partial charge on any atom is 0.410 e. The van der Waals surface area contributed by atoms with E-state index in [4.69, 9.17) is 10.5 Å². The molecule has 0 unspecified atom stereocenters. The van der Waals surface area contributed by atoms with Gasteiger partial charge in [0.25, 0.3) is 0 Å². The second-order valence-electron chi connectivity index (χ2n) is 7.32. The molecule has 0 radical (unpaired) electrons. The van der Waals surface area contributed by atoms with E-state index in [2.05, 4.69) is 5.32 Å². The van der Waals surface area contributed by atoms with Crippen molar-refractivity contribution >= 4 is 12.1 Å². The number of amides is 3. The van der Waals surface area contributed by atoms with Crippen LogP contribution in [0.4, 0.5) is 9.59 Å². The molecule has 1 heterocycles. The summed E-state index contributed by atoms with van der Waals surface area (Å²) in [4.78, 5) is 26.7. The lowest BCUT2D eigenvalue weighted by Crippen LogP contribution is -2.49. The molecule has 1 aliphatic heterocycles. The van der Waals surface area contributed by atoms with Crippen molar-refractivity contribution in [2.45, 2.75) is 65.1 Å². The van der Waals surface area contributed by atoms with Gasteiger partial charge in [0.2, 0.25) is 0 Å². The third-order valence-electron chi connectivity index (χ3n) is 3.84. The van der Waals surface area contributed by atoms with Crippen molar-refractivity contribution in [1.82, 2.24) is 15.1 Å². The Morgan fingerprint density at radius 1 is 1.30 bits per heavy atom. The zero-order chi connectivity index (χ0) is 17.6. The number of nitrogens with one attached hydrogen (secondary N) is 1. The van der Waals surface area contributed by atoms with Crippen LogP contribution in [0.3, 0.4) is 0 Å². The molecule has 0 aromatic carbocycles. The lowest BCUT2D eigenvalue weighted by molar-refractivity contribution is 0.0191. The van der Waals surface area contributed by atoms with Crippen molar-refractivity contribution in [3.63, 3.8) is 0 Å². The number of nitrogens with zero attached hydrogens (tertiary/aromatic N) is 2. The first-order valence-corrected chi connectivity index (χ1v) is 8.37. The molecule has 7 heteroatoms. The zero-order valence-corrected chi connectivity index (χ0v) is 15.1. The maximum absolute atomic E-state index is 12.2. The molecule has 134 valence electrons. The number of hydrogen-bond acceptors (Lipinski definition) is 4. The normalized spacial score (nSPS) is 16.5. The van der Waals surface area contributed by atoms with Gasteiger partial charge in [-0.2, -0.15) is 0 Å². The number of nitrogens with two attached hydrogens (primary N) is 1. The Labute approximate surface area is 139 Å². The van der Waals surface area contributed by atoms with Gasteiger partial charge in [-0.05, 0) is 47.5 Å². The number of ether oxygens (including phenoxy) is 1. The fourth-order valence-electron chi connectivity index (χ4n) is 2.57. The van der Waals surface area contributed by atoms with E-state index in [0.717, 1.165) is 12.8 Å². The largest absolute Gasteiger partial charge is 0.444 e. The molecular formula is C16H32N4O3. The van der Waals surface area contributed by atoms with Crippen LogP contribution in [-0.2, 0) is 4.74 Å². The topological polar surface area (TPSA) is 87.9 Å². The van der Waals surface area contributed by atoms with E-state index >= 15 is 0 Å². The first-order valence-electron chi connectivity index (χ1n) is 8.37. The van der Waals surface area contributed by atoms with Crippen LogP contribution < -0.4 is 11.1 Å². The predicted octanol–water partition coefficient (Wildman–Crippen LogP) is 1.76. The number of primary amides is 1. The number of likely N-dealkylation sites (tertiary alicyclic amines) is 1. The van der Waals surface area contributed by atoms with Crippen LogP contribution in [0.5, 0.6) is 0 Å².